The molecule has 1 N–H and O–H groups in total. The summed E-state index contributed by atoms with van der Waals surface area (Å²) in [5, 5.41) is 3.15. The highest BCUT2D eigenvalue weighted by molar-refractivity contribution is 6.20. The van der Waals surface area contributed by atoms with Crippen LogP contribution in [0.4, 0.5) is 5.95 Å². The van der Waals surface area contributed by atoms with Crippen LogP contribution in [-0.4, -0.2) is 35.1 Å². The van der Waals surface area contributed by atoms with Crippen molar-refractivity contribution in [3.8, 4) is 0 Å². The third-order valence-corrected chi connectivity index (χ3v) is 2.26. The molecule has 0 bridgehead atoms. The fourth-order valence-corrected chi connectivity index (χ4v) is 1.62. The lowest BCUT2D eigenvalue weighted by Crippen LogP contribution is -2.48. The summed E-state index contributed by atoms with van der Waals surface area (Å²) in [6.07, 6.45) is 3.49. The predicted molar refractivity (Wildman–Crippen MR) is 51.9 cm³/mol. The Bertz CT molecular complexity index is 266. The van der Waals surface area contributed by atoms with Crippen LogP contribution in [0.25, 0.3) is 0 Å². The highest BCUT2D eigenvalue weighted by Gasteiger charge is 2.18. The van der Waals surface area contributed by atoms with E-state index in [1.54, 1.807) is 12.4 Å². The minimum absolute atomic E-state index is 0.00226. The molecule has 1 saturated heterocycles. The van der Waals surface area contributed by atoms with Gasteiger partial charge in [-0.15, -0.1) is 11.6 Å². The Morgan fingerprint density at radius 3 is 2.92 bits per heavy atom. The zero-order chi connectivity index (χ0) is 9.10. The number of nitrogens with one attached hydrogen (secondary N) is 1. The Labute approximate surface area is 81.9 Å². The van der Waals surface area contributed by atoms with Gasteiger partial charge in [0.1, 0.15) is 5.50 Å². The van der Waals surface area contributed by atoms with E-state index in [1.807, 2.05) is 6.07 Å². The van der Waals surface area contributed by atoms with Crippen molar-refractivity contribution in [3.63, 3.8) is 0 Å². The van der Waals surface area contributed by atoms with E-state index in [9.17, 15) is 0 Å². The molecular weight excluding hydrogens is 188 g/mol. The first-order chi connectivity index (χ1) is 6.36. The Balaban J connectivity index is 2.08. The van der Waals surface area contributed by atoms with E-state index in [0.29, 0.717) is 0 Å². The maximum absolute atomic E-state index is 5.95. The van der Waals surface area contributed by atoms with E-state index in [4.69, 9.17) is 11.6 Å². The largest absolute Gasteiger partial charge is 0.337 e. The maximum Gasteiger partial charge on any atom is 0.225 e. The number of hydrogen-bond acceptors (Lipinski definition) is 4. The summed E-state index contributed by atoms with van der Waals surface area (Å²) in [5.41, 5.74) is -0.00226. The molecule has 5 heteroatoms. The summed E-state index contributed by atoms with van der Waals surface area (Å²) in [7, 11) is 0. The van der Waals surface area contributed by atoms with Gasteiger partial charge in [-0.25, -0.2) is 9.97 Å². The minimum Gasteiger partial charge on any atom is -0.337 e. The van der Waals surface area contributed by atoms with Gasteiger partial charge in [0.05, 0.1) is 6.54 Å². The van der Waals surface area contributed by atoms with Gasteiger partial charge in [-0.2, -0.15) is 0 Å². The van der Waals surface area contributed by atoms with Gasteiger partial charge in [-0.05, 0) is 6.07 Å². The molecule has 0 saturated carbocycles. The van der Waals surface area contributed by atoms with Gasteiger partial charge in [0.2, 0.25) is 5.95 Å². The molecule has 1 unspecified atom stereocenters. The molecule has 2 heterocycles. The van der Waals surface area contributed by atoms with Crippen molar-refractivity contribution < 1.29 is 0 Å². The predicted octanol–water partition coefficient (Wildman–Crippen LogP) is 0.451. The molecule has 13 heavy (non-hydrogen) atoms. The van der Waals surface area contributed by atoms with Crippen molar-refractivity contribution in [1.29, 1.82) is 0 Å². The van der Waals surface area contributed by atoms with Crippen molar-refractivity contribution in [2.75, 3.05) is 24.5 Å². The third-order valence-electron chi connectivity index (χ3n) is 1.96. The average molecular weight is 199 g/mol. The van der Waals surface area contributed by atoms with E-state index < -0.39 is 0 Å². The number of hydrogen-bond donors (Lipinski definition) is 1. The maximum atomic E-state index is 5.95. The minimum atomic E-state index is -0.00226. The van der Waals surface area contributed by atoms with Gasteiger partial charge >= 0.3 is 0 Å². The molecule has 0 aliphatic carbocycles. The number of alkyl halides is 1. The summed E-state index contributed by atoms with van der Waals surface area (Å²) >= 11 is 5.95. The van der Waals surface area contributed by atoms with Crippen LogP contribution in [0.3, 0.4) is 0 Å². The van der Waals surface area contributed by atoms with Crippen LogP contribution < -0.4 is 10.2 Å². The zero-order valence-electron chi connectivity index (χ0n) is 7.15. The topological polar surface area (TPSA) is 41.1 Å². The average Bonchev–Trinajstić information content (AvgIpc) is 2.19. The summed E-state index contributed by atoms with van der Waals surface area (Å²) < 4.78 is 0. The molecule has 1 aliphatic rings. The van der Waals surface area contributed by atoms with Gasteiger partial charge in [0.25, 0.3) is 0 Å². The standard InChI is InChI=1S/C8H11ClN4/c9-7-6-13(5-4-10-7)8-11-2-1-3-12-8/h1-3,7,10H,4-6H2. The second-order valence-electron chi connectivity index (χ2n) is 2.92. The van der Waals surface area contributed by atoms with Crippen LogP contribution in [0.1, 0.15) is 0 Å². The number of piperazine rings is 1. The molecule has 70 valence electrons. The van der Waals surface area contributed by atoms with E-state index in [2.05, 4.69) is 20.2 Å². The molecule has 1 aliphatic heterocycles. The number of rotatable bonds is 1. The molecule has 1 aromatic heterocycles. The van der Waals surface area contributed by atoms with Crippen molar-refractivity contribution >= 4 is 17.5 Å². The third kappa shape index (κ3) is 2.08. The van der Waals surface area contributed by atoms with E-state index >= 15 is 0 Å². The highest BCUT2D eigenvalue weighted by Crippen LogP contribution is 2.09. The molecule has 2 rings (SSSR count). The fraction of sp³-hybridized carbons (Fsp3) is 0.500. The smallest absolute Gasteiger partial charge is 0.225 e. The molecule has 0 spiro atoms. The number of nitrogens with zero attached hydrogens (tertiary/aromatic N) is 3. The lowest BCUT2D eigenvalue weighted by molar-refractivity contribution is 0.544. The monoisotopic (exact) mass is 198 g/mol. The molecular formula is C8H11ClN4. The van der Waals surface area contributed by atoms with E-state index in [0.717, 1.165) is 25.6 Å². The van der Waals surface area contributed by atoms with Crippen LogP contribution in [-0.2, 0) is 0 Å². The number of aromatic nitrogens is 2. The van der Waals surface area contributed by atoms with Gasteiger partial charge in [-0.1, -0.05) is 0 Å². The van der Waals surface area contributed by atoms with E-state index in [-0.39, 0.29) is 5.50 Å². The lowest BCUT2D eigenvalue weighted by Gasteiger charge is -2.30. The molecule has 0 radical (unpaired) electrons. The van der Waals surface area contributed by atoms with Gasteiger partial charge in [0, 0.05) is 25.5 Å². The van der Waals surface area contributed by atoms with Crippen molar-refractivity contribution in [2.45, 2.75) is 5.50 Å². The molecule has 1 aromatic rings. The van der Waals surface area contributed by atoms with Crippen LogP contribution in [0.15, 0.2) is 18.5 Å². The SMILES string of the molecule is ClC1CN(c2ncccn2)CCN1. The first-order valence-electron chi connectivity index (χ1n) is 4.26. The van der Waals surface area contributed by atoms with Gasteiger partial charge in [-0.3, -0.25) is 5.32 Å². The summed E-state index contributed by atoms with van der Waals surface area (Å²) in [5.74, 6) is 0.759. The number of halogens is 1. The molecule has 0 aromatic carbocycles. The number of anilines is 1. The van der Waals surface area contributed by atoms with Crippen molar-refractivity contribution in [2.24, 2.45) is 0 Å². The normalized spacial score (nSPS) is 23.2. The van der Waals surface area contributed by atoms with Crippen molar-refractivity contribution in [3.05, 3.63) is 18.5 Å². The highest BCUT2D eigenvalue weighted by atomic mass is 35.5. The molecule has 1 fully saturated rings. The van der Waals surface area contributed by atoms with Gasteiger partial charge < -0.3 is 4.90 Å². The van der Waals surface area contributed by atoms with E-state index in [1.165, 1.54) is 0 Å². The second kappa shape index (κ2) is 3.89. The summed E-state index contributed by atoms with van der Waals surface area (Å²) in [4.78, 5) is 10.4. The van der Waals surface area contributed by atoms with Gasteiger partial charge in [0.15, 0.2) is 0 Å². The zero-order valence-corrected chi connectivity index (χ0v) is 7.91. The summed E-state index contributed by atoms with van der Waals surface area (Å²) in [6.45, 7) is 2.55. The van der Waals surface area contributed by atoms with Crippen LogP contribution in [0, 0.1) is 0 Å². The van der Waals surface area contributed by atoms with Crippen LogP contribution in [0.2, 0.25) is 0 Å². The Hall–Kier alpha value is -0.870. The first-order valence-corrected chi connectivity index (χ1v) is 4.69. The van der Waals surface area contributed by atoms with Crippen molar-refractivity contribution in [1.82, 2.24) is 15.3 Å². The van der Waals surface area contributed by atoms with Crippen LogP contribution in [0.5, 0.6) is 0 Å². The fourth-order valence-electron chi connectivity index (χ4n) is 1.34. The lowest BCUT2D eigenvalue weighted by atomic mass is 10.4. The quantitative estimate of drug-likeness (QED) is 0.526. The molecule has 0 amide bonds. The molecule has 1 atom stereocenters. The molecule has 4 nitrogen and oxygen atoms in total. The Kier molecular flexibility index (Phi) is 2.61. The van der Waals surface area contributed by atoms with Crippen LogP contribution >= 0.6 is 11.6 Å². The Morgan fingerprint density at radius 2 is 2.23 bits per heavy atom. The second-order valence-corrected chi connectivity index (χ2v) is 3.44. The summed E-state index contributed by atoms with van der Waals surface area (Å²) in [6, 6.07) is 1.81. The first kappa shape index (κ1) is 8.72. The Morgan fingerprint density at radius 1 is 1.46 bits per heavy atom.